The third-order valence-electron chi connectivity index (χ3n) is 5.75. The molecule has 1 saturated heterocycles. The molecule has 6 nitrogen and oxygen atoms in total. The number of nitrogens with one attached hydrogen (secondary N) is 1. The van der Waals surface area contributed by atoms with Gasteiger partial charge in [0.2, 0.25) is 0 Å². The molecule has 0 bridgehead atoms. The van der Waals surface area contributed by atoms with Crippen LogP contribution in [0.25, 0.3) is 0 Å². The monoisotopic (exact) mass is 365 g/mol. The molecule has 1 aliphatic carbocycles. The minimum Gasteiger partial charge on any atom is -0.465 e. The molecule has 0 atom stereocenters. The van der Waals surface area contributed by atoms with E-state index in [-0.39, 0.29) is 18.4 Å². The Morgan fingerprint density at radius 1 is 1.15 bits per heavy atom. The maximum Gasteiger partial charge on any atom is 0.494 e. The van der Waals surface area contributed by atoms with E-state index in [4.69, 9.17) is 14.4 Å². The molecule has 2 aliphatic rings. The Morgan fingerprint density at radius 2 is 1.69 bits per heavy atom. The van der Waals surface area contributed by atoms with Gasteiger partial charge in [-0.1, -0.05) is 12.1 Å². The molecule has 0 unspecified atom stereocenters. The van der Waals surface area contributed by atoms with Gasteiger partial charge in [0.05, 0.1) is 22.3 Å². The number of halogens is 1. The van der Waals surface area contributed by atoms with Crippen molar-refractivity contribution in [2.75, 3.05) is 0 Å². The Morgan fingerprint density at radius 3 is 2.12 bits per heavy atom. The number of rotatable bonds is 3. The molecule has 0 aromatic heterocycles. The third kappa shape index (κ3) is 3.10. The van der Waals surface area contributed by atoms with E-state index in [0.717, 1.165) is 0 Å². The number of benzene rings is 1. The van der Waals surface area contributed by atoms with Crippen LogP contribution in [0.2, 0.25) is 0 Å². The summed E-state index contributed by atoms with van der Waals surface area (Å²) in [5, 5.41) is 21.6. The summed E-state index contributed by atoms with van der Waals surface area (Å²) in [5.74, 6) is -0.554. The summed E-state index contributed by atoms with van der Waals surface area (Å²) in [6.45, 7) is 9.27. The molecule has 1 aliphatic heterocycles. The molecule has 3 rings (SSSR count). The molecule has 8 heteroatoms. The predicted molar refractivity (Wildman–Crippen MR) is 94.8 cm³/mol. The Hall–Kier alpha value is -1.64. The first-order valence-electron chi connectivity index (χ1n) is 8.66. The Bertz CT molecular complexity index is 725. The van der Waals surface area contributed by atoms with E-state index in [1.807, 2.05) is 27.7 Å². The summed E-state index contributed by atoms with van der Waals surface area (Å²) in [6.07, 6.45) is -1.03. The Balaban J connectivity index is 1.90. The second kappa shape index (κ2) is 5.68. The minimum atomic E-state index is -1.25. The van der Waals surface area contributed by atoms with Gasteiger partial charge in [0.15, 0.2) is 0 Å². The SMILES string of the molecule is CC1(C)OB(c2ccc([C@]3(NC(=O)O)C[C@](C)(O)C3)c(F)c2)OC1(C)C. The lowest BCUT2D eigenvalue weighted by atomic mass is 9.62. The topological polar surface area (TPSA) is 88.0 Å². The maximum absolute atomic E-state index is 14.9. The summed E-state index contributed by atoms with van der Waals surface area (Å²) < 4.78 is 26.7. The van der Waals surface area contributed by atoms with Crippen molar-refractivity contribution in [3.63, 3.8) is 0 Å². The molecule has 1 aromatic rings. The standard InChI is InChI=1S/C18H25BFNO5/c1-15(2)16(3,4)26-19(25-15)11-6-7-12(13(20)8-11)18(21-14(22)23)9-17(5,24)10-18/h6-8,21,24H,9-10H2,1-5H3,(H,22,23)/t17-,18-. The molecule has 0 radical (unpaired) electrons. The first-order valence-corrected chi connectivity index (χ1v) is 8.66. The Labute approximate surface area is 152 Å². The van der Waals surface area contributed by atoms with Crippen LogP contribution in [0.15, 0.2) is 18.2 Å². The molecule has 1 saturated carbocycles. The van der Waals surface area contributed by atoms with Gasteiger partial charge in [0, 0.05) is 18.4 Å². The van der Waals surface area contributed by atoms with Gasteiger partial charge >= 0.3 is 13.2 Å². The predicted octanol–water partition coefficient (Wildman–Crippen LogP) is 2.13. The zero-order valence-electron chi connectivity index (χ0n) is 15.7. The second-order valence-electron chi connectivity index (χ2n) is 8.69. The number of hydrogen-bond acceptors (Lipinski definition) is 4. The highest BCUT2D eigenvalue weighted by molar-refractivity contribution is 6.62. The molecular formula is C18H25BFNO5. The zero-order chi connectivity index (χ0) is 19.5. The van der Waals surface area contributed by atoms with Gasteiger partial charge in [-0.25, -0.2) is 9.18 Å². The average Bonchev–Trinajstić information content (AvgIpc) is 2.64. The van der Waals surface area contributed by atoms with E-state index >= 15 is 0 Å². The molecule has 1 amide bonds. The summed E-state index contributed by atoms with van der Waals surface area (Å²) >= 11 is 0. The van der Waals surface area contributed by atoms with E-state index < -0.39 is 41.4 Å². The average molecular weight is 365 g/mol. The van der Waals surface area contributed by atoms with Crippen molar-refractivity contribution >= 4 is 18.7 Å². The number of aliphatic hydroxyl groups is 1. The van der Waals surface area contributed by atoms with Gasteiger partial charge in [-0.2, -0.15) is 0 Å². The number of carboxylic acid groups (broad SMARTS) is 1. The first-order chi connectivity index (χ1) is 11.8. The number of carbonyl (C=O) groups is 1. The summed E-state index contributed by atoms with van der Waals surface area (Å²) in [4.78, 5) is 11.2. The van der Waals surface area contributed by atoms with Gasteiger partial charge in [0.1, 0.15) is 5.82 Å². The lowest BCUT2D eigenvalue weighted by Crippen LogP contribution is -2.62. The fourth-order valence-electron chi connectivity index (χ4n) is 3.84. The van der Waals surface area contributed by atoms with Crippen molar-refractivity contribution in [1.82, 2.24) is 5.32 Å². The van der Waals surface area contributed by atoms with E-state index in [1.54, 1.807) is 19.1 Å². The summed E-state index contributed by atoms with van der Waals surface area (Å²) in [7, 11) is -0.698. The van der Waals surface area contributed by atoms with Crippen molar-refractivity contribution in [3.8, 4) is 0 Å². The van der Waals surface area contributed by atoms with Crippen LogP contribution >= 0.6 is 0 Å². The molecule has 1 heterocycles. The molecule has 0 spiro atoms. The van der Waals surface area contributed by atoms with Gasteiger partial charge in [0.25, 0.3) is 0 Å². The van der Waals surface area contributed by atoms with Crippen LogP contribution in [0.4, 0.5) is 9.18 Å². The van der Waals surface area contributed by atoms with Crippen LogP contribution in [0.1, 0.15) is 53.0 Å². The van der Waals surface area contributed by atoms with Crippen LogP contribution in [-0.2, 0) is 14.8 Å². The highest BCUT2D eigenvalue weighted by Crippen LogP contribution is 2.48. The van der Waals surface area contributed by atoms with E-state index in [9.17, 15) is 14.3 Å². The third-order valence-corrected chi connectivity index (χ3v) is 5.75. The van der Waals surface area contributed by atoms with Crippen LogP contribution in [0.5, 0.6) is 0 Å². The van der Waals surface area contributed by atoms with Crippen LogP contribution in [0.3, 0.4) is 0 Å². The van der Waals surface area contributed by atoms with E-state index in [1.165, 1.54) is 6.07 Å². The molecule has 2 fully saturated rings. The largest absolute Gasteiger partial charge is 0.494 e. The van der Waals surface area contributed by atoms with E-state index in [2.05, 4.69) is 5.32 Å². The Kier molecular flexibility index (Phi) is 4.18. The molecule has 1 aromatic carbocycles. The molecule has 26 heavy (non-hydrogen) atoms. The summed E-state index contributed by atoms with van der Waals surface area (Å²) in [6, 6.07) is 4.54. The van der Waals surface area contributed by atoms with Crippen LogP contribution in [-0.4, -0.2) is 40.2 Å². The first kappa shape index (κ1) is 19.1. The van der Waals surface area contributed by atoms with Crippen molar-refractivity contribution in [3.05, 3.63) is 29.6 Å². The van der Waals surface area contributed by atoms with Crippen LogP contribution < -0.4 is 10.8 Å². The highest BCUT2D eigenvalue weighted by Gasteiger charge is 2.55. The van der Waals surface area contributed by atoms with Crippen molar-refractivity contribution in [2.24, 2.45) is 0 Å². The van der Waals surface area contributed by atoms with E-state index in [0.29, 0.717) is 5.46 Å². The van der Waals surface area contributed by atoms with Crippen molar-refractivity contribution < 1.29 is 28.7 Å². The molecule has 3 N–H and O–H groups in total. The number of amides is 1. The van der Waals surface area contributed by atoms with Gasteiger partial charge in [-0.15, -0.1) is 0 Å². The molecule has 142 valence electrons. The lowest BCUT2D eigenvalue weighted by Gasteiger charge is -2.51. The van der Waals surface area contributed by atoms with Crippen molar-refractivity contribution in [2.45, 2.75) is 69.8 Å². The maximum atomic E-state index is 14.9. The van der Waals surface area contributed by atoms with Gasteiger partial charge in [-0.3, -0.25) is 0 Å². The fourth-order valence-corrected chi connectivity index (χ4v) is 3.84. The van der Waals surface area contributed by atoms with Crippen LogP contribution in [0, 0.1) is 5.82 Å². The fraction of sp³-hybridized carbons (Fsp3) is 0.611. The minimum absolute atomic E-state index is 0.110. The van der Waals surface area contributed by atoms with Gasteiger partial charge < -0.3 is 24.8 Å². The smallest absolute Gasteiger partial charge is 0.465 e. The zero-order valence-corrected chi connectivity index (χ0v) is 15.7. The normalized spacial score (nSPS) is 32.2. The highest BCUT2D eigenvalue weighted by atomic mass is 19.1. The number of hydrogen-bond donors (Lipinski definition) is 3. The molecular weight excluding hydrogens is 340 g/mol. The van der Waals surface area contributed by atoms with Gasteiger partial charge in [-0.05, 0) is 46.1 Å². The lowest BCUT2D eigenvalue weighted by molar-refractivity contribution is -0.0869. The second-order valence-corrected chi connectivity index (χ2v) is 8.69. The van der Waals surface area contributed by atoms with Crippen molar-refractivity contribution in [1.29, 1.82) is 0 Å². The quantitative estimate of drug-likeness (QED) is 0.715. The summed E-state index contributed by atoms with van der Waals surface area (Å²) in [5.41, 5.74) is -2.49.